The van der Waals surface area contributed by atoms with E-state index in [0.717, 1.165) is 25.4 Å². The molecular weight excluding hydrogens is 262 g/mol. The third kappa shape index (κ3) is 3.71. The zero-order valence-electron chi connectivity index (χ0n) is 13.4. The zero-order valence-corrected chi connectivity index (χ0v) is 13.4. The van der Waals surface area contributed by atoms with Gasteiger partial charge in [0.05, 0.1) is 24.2 Å². The van der Waals surface area contributed by atoms with Gasteiger partial charge in [0.15, 0.2) is 0 Å². The van der Waals surface area contributed by atoms with Crippen LogP contribution in [0.4, 0.5) is 0 Å². The highest BCUT2D eigenvalue weighted by molar-refractivity contribution is 5.42. The second-order valence-corrected chi connectivity index (χ2v) is 5.58. The molecule has 1 aromatic heterocycles. The van der Waals surface area contributed by atoms with Crippen molar-refractivity contribution in [3.8, 4) is 5.69 Å². The van der Waals surface area contributed by atoms with Gasteiger partial charge in [0, 0.05) is 25.8 Å². The maximum absolute atomic E-state index is 5.06. The average molecular weight is 287 g/mol. The van der Waals surface area contributed by atoms with Crippen LogP contribution in [0.5, 0.6) is 0 Å². The van der Waals surface area contributed by atoms with E-state index in [-0.39, 0.29) is 0 Å². The molecule has 0 amide bonds. The molecule has 0 saturated carbocycles. The lowest BCUT2D eigenvalue weighted by Gasteiger charge is -2.15. The molecule has 0 aliphatic heterocycles. The molecule has 0 spiro atoms. The second-order valence-electron chi connectivity index (χ2n) is 5.58. The number of benzene rings is 1. The van der Waals surface area contributed by atoms with Crippen molar-refractivity contribution in [3.63, 3.8) is 0 Å². The summed E-state index contributed by atoms with van der Waals surface area (Å²) in [5, 5.41) is 8.01. The standard InChI is InChI=1S/C17H25N3O/c1-13(2)17-15(11-18-9-10-21-4)12-19-20(17)16-8-6-5-7-14(16)3/h5-8,12-13,18H,9-11H2,1-4H3. The number of rotatable bonds is 7. The molecule has 2 aromatic rings. The van der Waals surface area contributed by atoms with Crippen LogP contribution in [0.3, 0.4) is 0 Å². The van der Waals surface area contributed by atoms with Crippen LogP contribution in [0.1, 0.15) is 36.6 Å². The van der Waals surface area contributed by atoms with Gasteiger partial charge in [-0.2, -0.15) is 5.10 Å². The highest BCUT2D eigenvalue weighted by Crippen LogP contribution is 2.24. The molecule has 4 nitrogen and oxygen atoms in total. The Labute approximate surface area is 127 Å². The lowest BCUT2D eigenvalue weighted by molar-refractivity contribution is 0.199. The van der Waals surface area contributed by atoms with Crippen LogP contribution in [-0.2, 0) is 11.3 Å². The number of aryl methyl sites for hydroxylation is 1. The van der Waals surface area contributed by atoms with Crippen LogP contribution in [0.2, 0.25) is 0 Å². The third-order valence-electron chi connectivity index (χ3n) is 3.58. The fraction of sp³-hybridized carbons (Fsp3) is 0.471. The summed E-state index contributed by atoms with van der Waals surface area (Å²) in [4.78, 5) is 0. The first-order valence-corrected chi connectivity index (χ1v) is 7.47. The van der Waals surface area contributed by atoms with Crippen LogP contribution >= 0.6 is 0 Å². The largest absolute Gasteiger partial charge is 0.383 e. The van der Waals surface area contributed by atoms with Crippen molar-refractivity contribution in [3.05, 3.63) is 47.3 Å². The predicted octanol–water partition coefficient (Wildman–Crippen LogP) is 3.04. The molecule has 0 fully saturated rings. The SMILES string of the molecule is COCCNCc1cnn(-c2ccccc2C)c1C(C)C. The normalized spacial score (nSPS) is 11.3. The Morgan fingerprint density at radius 3 is 2.71 bits per heavy atom. The maximum Gasteiger partial charge on any atom is 0.0678 e. The number of methoxy groups -OCH3 is 1. The molecule has 1 heterocycles. The molecule has 0 atom stereocenters. The lowest BCUT2D eigenvalue weighted by Crippen LogP contribution is -2.19. The van der Waals surface area contributed by atoms with Crippen LogP contribution in [-0.4, -0.2) is 30.0 Å². The Morgan fingerprint density at radius 1 is 1.29 bits per heavy atom. The lowest BCUT2D eigenvalue weighted by atomic mass is 10.0. The quantitative estimate of drug-likeness (QED) is 0.796. The van der Waals surface area contributed by atoms with Gasteiger partial charge in [-0.3, -0.25) is 0 Å². The Bertz CT molecular complexity index is 575. The first-order valence-electron chi connectivity index (χ1n) is 7.47. The minimum Gasteiger partial charge on any atom is -0.383 e. The molecule has 0 unspecified atom stereocenters. The first-order chi connectivity index (χ1) is 10.1. The first kappa shape index (κ1) is 15.7. The van der Waals surface area contributed by atoms with Crippen molar-refractivity contribution in [1.29, 1.82) is 0 Å². The molecule has 0 radical (unpaired) electrons. The number of hydrogen-bond donors (Lipinski definition) is 1. The number of nitrogens with one attached hydrogen (secondary N) is 1. The van der Waals surface area contributed by atoms with E-state index < -0.39 is 0 Å². The van der Waals surface area contributed by atoms with Gasteiger partial charge in [-0.05, 0) is 24.5 Å². The van der Waals surface area contributed by atoms with Gasteiger partial charge in [0.1, 0.15) is 0 Å². The third-order valence-corrected chi connectivity index (χ3v) is 3.58. The van der Waals surface area contributed by atoms with Gasteiger partial charge in [-0.25, -0.2) is 4.68 Å². The molecule has 0 aliphatic carbocycles. The molecular formula is C17H25N3O. The summed E-state index contributed by atoms with van der Waals surface area (Å²) in [6.07, 6.45) is 1.97. The fourth-order valence-corrected chi connectivity index (χ4v) is 2.53. The molecule has 2 rings (SSSR count). The molecule has 4 heteroatoms. The minimum atomic E-state index is 0.423. The summed E-state index contributed by atoms with van der Waals surface area (Å²) >= 11 is 0. The van der Waals surface area contributed by atoms with E-state index in [2.05, 4.69) is 60.1 Å². The van der Waals surface area contributed by atoms with E-state index in [1.54, 1.807) is 7.11 Å². The van der Waals surface area contributed by atoms with Gasteiger partial charge in [-0.1, -0.05) is 32.0 Å². The summed E-state index contributed by atoms with van der Waals surface area (Å²) < 4.78 is 7.14. The fourth-order valence-electron chi connectivity index (χ4n) is 2.53. The van der Waals surface area contributed by atoms with Crippen LogP contribution in [0, 0.1) is 6.92 Å². The molecule has 21 heavy (non-hydrogen) atoms. The zero-order chi connectivity index (χ0) is 15.2. The van der Waals surface area contributed by atoms with Crippen molar-refractivity contribution in [2.24, 2.45) is 0 Å². The minimum absolute atomic E-state index is 0.423. The number of nitrogens with zero attached hydrogens (tertiary/aromatic N) is 2. The number of hydrogen-bond acceptors (Lipinski definition) is 3. The molecule has 1 N–H and O–H groups in total. The monoisotopic (exact) mass is 287 g/mol. The van der Waals surface area contributed by atoms with Crippen LogP contribution < -0.4 is 5.32 Å². The van der Waals surface area contributed by atoms with E-state index in [0.29, 0.717) is 5.92 Å². The van der Waals surface area contributed by atoms with Gasteiger partial charge in [0.25, 0.3) is 0 Å². The summed E-state index contributed by atoms with van der Waals surface area (Å²) in [6.45, 7) is 8.95. The van der Waals surface area contributed by atoms with Gasteiger partial charge >= 0.3 is 0 Å². The Balaban J connectivity index is 2.27. The molecule has 0 saturated heterocycles. The number of para-hydroxylation sites is 1. The molecule has 114 valence electrons. The molecule has 0 bridgehead atoms. The smallest absolute Gasteiger partial charge is 0.0678 e. The van der Waals surface area contributed by atoms with Crippen molar-refractivity contribution in [2.45, 2.75) is 33.2 Å². The van der Waals surface area contributed by atoms with E-state index in [9.17, 15) is 0 Å². The van der Waals surface area contributed by atoms with Gasteiger partial charge in [0.2, 0.25) is 0 Å². The second kappa shape index (κ2) is 7.38. The van der Waals surface area contributed by atoms with Crippen molar-refractivity contribution in [2.75, 3.05) is 20.3 Å². The predicted molar refractivity (Wildman–Crippen MR) is 86.0 cm³/mol. The Hall–Kier alpha value is -1.65. The highest BCUT2D eigenvalue weighted by atomic mass is 16.5. The Morgan fingerprint density at radius 2 is 2.05 bits per heavy atom. The average Bonchev–Trinajstić information content (AvgIpc) is 2.88. The van der Waals surface area contributed by atoms with E-state index in [4.69, 9.17) is 4.74 Å². The van der Waals surface area contributed by atoms with Crippen LogP contribution in [0.15, 0.2) is 30.5 Å². The summed E-state index contributed by atoms with van der Waals surface area (Å²) in [6, 6.07) is 8.36. The molecule has 0 aliphatic rings. The highest BCUT2D eigenvalue weighted by Gasteiger charge is 2.16. The summed E-state index contributed by atoms with van der Waals surface area (Å²) in [5.41, 5.74) is 4.92. The topological polar surface area (TPSA) is 39.1 Å². The van der Waals surface area contributed by atoms with Crippen molar-refractivity contribution in [1.82, 2.24) is 15.1 Å². The number of aromatic nitrogens is 2. The van der Waals surface area contributed by atoms with E-state index in [1.807, 2.05) is 6.20 Å². The van der Waals surface area contributed by atoms with Gasteiger partial charge in [-0.15, -0.1) is 0 Å². The summed E-state index contributed by atoms with van der Waals surface area (Å²) in [5.74, 6) is 0.423. The van der Waals surface area contributed by atoms with E-state index in [1.165, 1.54) is 16.8 Å². The molecule has 1 aromatic carbocycles. The van der Waals surface area contributed by atoms with E-state index >= 15 is 0 Å². The van der Waals surface area contributed by atoms with Crippen LogP contribution in [0.25, 0.3) is 5.69 Å². The summed E-state index contributed by atoms with van der Waals surface area (Å²) in [7, 11) is 1.72. The maximum atomic E-state index is 5.06. The Kier molecular flexibility index (Phi) is 5.53. The van der Waals surface area contributed by atoms with Crippen molar-refractivity contribution < 1.29 is 4.74 Å². The van der Waals surface area contributed by atoms with Crippen molar-refractivity contribution >= 4 is 0 Å². The number of ether oxygens (including phenoxy) is 1. The van der Waals surface area contributed by atoms with Gasteiger partial charge < -0.3 is 10.1 Å².